The van der Waals surface area contributed by atoms with Crippen molar-refractivity contribution < 1.29 is 0 Å². The summed E-state index contributed by atoms with van der Waals surface area (Å²) in [6, 6.07) is 11.3. The fourth-order valence-corrected chi connectivity index (χ4v) is 3.05. The van der Waals surface area contributed by atoms with Crippen molar-refractivity contribution in [2.45, 2.75) is 38.8 Å². The minimum absolute atomic E-state index is 0.268. The van der Waals surface area contributed by atoms with Gasteiger partial charge in [0.1, 0.15) is 0 Å². The van der Waals surface area contributed by atoms with E-state index in [1.807, 2.05) is 0 Å². The second-order valence-electron chi connectivity index (χ2n) is 6.89. The fourth-order valence-electron chi connectivity index (χ4n) is 3.05. The smallest absolute Gasteiger partial charge is 0.0449 e. The van der Waals surface area contributed by atoms with E-state index in [0.29, 0.717) is 6.04 Å². The highest BCUT2D eigenvalue weighted by atomic mass is 15.3. The molecule has 0 spiro atoms. The van der Waals surface area contributed by atoms with Gasteiger partial charge in [0, 0.05) is 37.8 Å². The van der Waals surface area contributed by atoms with Crippen LogP contribution in [0.15, 0.2) is 30.3 Å². The van der Waals surface area contributed by atoms with Gasteiger partial charge in [0.25, 0.3) is 0 Å². The van der Waals surface area contributed by atoms with E-state index in [1.165, 1.54) is 12.0 Å². The Bertz CT molecular complexity index is 416. The van der Waals surface area contributed by atoms with Crippen molar-refractivity contribution in [2.75, 3.05) is 39.8 Å². The van der Waals surface area contributed by atoms with Crippen LogP contribution in [0.4, 0.5) is 0 Å². The molecule has 0 aliphatic carbocycles. The number of hydrogen-bond donors (Lipinski definition) is 1. The lowest BCUT2D eigenvalue weighted by atomic mass is 9.98. The van der Waals surface area contributed by atoms with Crippen LogP contribution < -0.4 is 5.32 Å². The Morgan fingerprint density at radius 2 is 1.90 bits per heavy atom. The molecule has 1 fully saturated rings. The molecule has 1 atom stereocenters. The number of benzene rings is 1. The third kappa shape index (κ3) is 4.53. The molecule has 1 aromatic rings. The van der Waals surface area contributed by atoms with Crippen LogP contribution in [0.1, 0.15) is 38.8 Å². The molecule has 2 rings (SSSR count). The van der Waals surface area contributed by atoms with E-state index >= 15 is 0 Å². The molecule has 0 amide bonds. The monoisotopic (exact) mass is 289 g/mol. The first kappa shape index (κ1) is 16.5. The van der Waals surface area contributed by atoms with Crippen molar-refractivity contribution in [3.63, 3.8) is 0 Å². The Balaban J connectivity index is 2.02. The van der Waals surface area contributed by atoms with Gasteiger partial charge in [0.2, 0.25) is 0 Å². The number of rotatable bonds is 6. The van der Waals surface area contributed by atoms with Crippen molar-refractivity contribution in [3.05, 3.63) is 35.9 Å². The number of piperazine rings is 1. The summed E-state index contributed by atoms with van der Waals surface area (Å²) in [5.41, 5.74) is 1.67. The summed E-state index contributed by atoms with van der Waals surface area (Å²) >= 11 is 0. The first-order chi connectivity index (χ1) is 10.0. The number of hydrogen-bond acceptors (Lipinski definition) is 3. The summed E-state index contributed by atoms with van der Waals surface area (Å²) in [5.74, 6) is 0. The third-order valence-electron chi connectivity index (χ3n) is 4.68. The molecular formula is C18H31N3. The van der Waals surface area contributed by atoms with Gasteiger partial charge in [-0.1, -0.05) is 37.3 Å². The lowest BCUT2D eigenvalue weighted by Crippen LogP contribution is -2.58. The van der Waals surface area contributed by atoms with Crippen molar-refractivity contribution in [1.82, 2.24) is 15.1 Å². The van der Waals surface area contributed by atoms with Crippen molar-refractivity contribution >= 4 is 0 Å². The minimum Gasteiger partial charge on any atom is -0.309 e. The quantitative estimate of drug-likeness (QED) is 0.869. The van der Waals surface area contributed by atoms with Crippen LogP contribution in [0.25, 0.3) is 0 Å². The second-order valence-corrected chi connectivity index (χ2v) is 6.89. The van der Waals surface area contributed by atoms with Gasteiger partial charge in [-0.25, -0.2) is 0 Å². The molecule has 3 heteroatoms. The molecule has 118 valence electrons. The summed E-state index contributed by atoms with van der Waals surface area (Å²) in [6.45, 7) is 12.6. The highest BCUT2D eigenvalue weighted by molar-refractivity contribution is 5.19. The molecule has 1 saturated heterocycles. The molecule has 0 bridgehead atoms. The standard InChI is InChI=1S/C18H31N3/c1-5-11-19-17(16-9-7-6-8-10-16)14-21-13-12-20(4)18(2,3)15-21/h6-10,17,19H,5,11-15H2,1-4H3. The Hall–Kier alpha value is -0.900. The Morgan fingerprint density at radius 3 is 2.52 bits per heavy atom. The average molecular weight is 289 g/mol. The van der Waals surface area contributed by atoms with Crippen molar-refractivity contribution in [2.24, 2.45) is 0 Å². The first-order valence-corrected chi connectivity index (χ1v) is 8.25. The Kier molecular flexibility index (Phi) is 5.80. The van der Waals surface area contributed by atoms with E-state index in [9.17, 15) is 0 Å². The largest absolute Gasteiger partial charge is 0.309 e. The summed E-state index contributed by atoms with van der Waals surface area (Å²) < 4.78 is 0. The first-order valence-electron chi connectivity index (χ1n) is 8.25. The van der Waals surface area contributed by atoms with E-state index in [4.69, 9.17) is 0 Å². The molecule has 0 aromatic heterocycles. The minimum atomic E-state index is 0.268. The van der Waals surface area contributed by atoms with Crippen molar-refractivity contribution in [3.8, 4) is 0 Å². The number of nitrogens with one attached hydrogen (secondary N) is 1. The van der Waals surface area contributed by atoms with Crippen LogP contribution in [-0.2, 0) is 0 Å². The molecule has 1 aliphatic rings. The maximum atomic E-state index is 3.72. The van der Waals surface area contributed by atoms with E-state index in [2.05, 4.69) is 73.3 Å². The molecule has 1 N–H and O–H groups in total. The molecule has 0 radical (unpaired) electrons. The lowest BCUT2D eigenvalue weighted by Gasteiger charge is -2.46. The second kappa shape index (κ2) is 7.39. The zero-order valence-electron chi connectivity index (χ0n) is 14.1. The predicted molar refractivity (Wildman–Crippen MR) is 90.6 cm³/mol. The van der Waals surface area contributed by atoms with Gasteiger partial charge < -0.3 is 5.32 Å². The summed E-state index contributed by atoms with van der Waals surface area (Å²) in [6.07, 6.45) is 1.18. The zero-order valence-corrected chi connectivity index (χ0v) is 14.1. The third-order valence-corrected chi connectivity index (χ3v) is 4.68. The van der Waals surface area contributed by atoms with Gasteiger partial charge in [0.05, 0.1) is 0 Å². The van der Waals surface area contributed by atoms with Gasteiger partial charge in [-0.15, -0.1) is 0 Å². The number of likely N-dealkylation sites (N-methyl/N-ethyl adjacent to an activating group) is 1. The van der Waals surface area contributed by atoms with Crippen LogP contribution in [0.5, 0.6) is 0 Å². The predicted octanol–water partition coefficient (Wildman–Crippen LogP) is 2.75. The van der Waals surface area contributed by atoms with E-state index in [1.54, 1.807) is 0 Å². The molecule has 21 heavy (non-hydrogen) atoms. The molecule has 1 heterocycles. The number of nitrogens with zero attached hydrogens (tertiary/aromatic N) is 2. The fraction of sp³-hybridized carbons (Fsp3) is 0.667. The highest BCUT2D eigenvalue weighted by Crippen LogP contribution is 2.22. The topological polar surface area (TPSA) is 18.5 Å². The van der Waals surface area contributed by atoms with Crippen molar-refractivity contribution in [1.29, 1.82) is 0 Å². The van der Waals surface area contributed by atoms with Crippen LogP contribution in [-0.4, -0.2) is 55.1 Å². The van der Waals surface area contributed by atoms with Crippen LogP contribution >= 0.6 is 0 Å². The van der Waals surface area contributed by atoms with Crippen LogP contribution in [0, 0.1) is 0 Å². The lowest BCUT2D eigenvalue weighted by molar-refractivity contribution is 0.0351. The molecule has 1 aromatic carbocycles. The molecule has 1 aliphatic heterocycles. The molecular weight excluding hydrogens is 258 g/mol. The highest BCUT2D eigenvalue weighted by Gasteiger charge is 2.31. The van der Waals surface area contributed by atoms with Crippen LogP contribution in [0.3, 0.4) is 0 Å². The van der Waals surface area contributed by atoms with Gasteiger partial charge in [-0.2, -0.15) is 0 Å². The molecule has 1 unspecified atom stereocenters. The zero-order chi connectivity index (χ0) is 15.3. The SMILES string of the molecule is CCCNC(CN1CCN(C)C(C)(C)C1)c1ccccc1. The van der Waals surface area contributed by atoms with Gasteiger partial charge >= 0.3 is 0 Å². The van der Waals surface area contributed by atoms with Gasteiger partial charge in [-0.05, 0) is 39.4 Å². The summed E-state index contributed by atoms with van der Waals surface area (Å²) in [4.78, 5) is 5.08. The maximum Gasteiger partial charge on any atom is 0.0449 e. The molecule has 0 saturated carbocycles. The van der Waals surface area contributed by atoms with E-state index in [0.717, 1.165) is 32.7 Å². The Morgan fingerprint density at radius 1 is 1.19 bits per heavy atom. The van der Waals surface area contributed by atoms with Gasteiger partial charge in [0.15, 0.2) is 0 Å². The Labute approximate surface area is 130 Å². The maximum absolute atomic E-state index is 3.72. The van der Waals surface area contributed by atoms with Gasteiger partial charge in [-0.3, -0.25) is 9.80 Å². The summed E-state index contributed by atoms with van der Waals surface area (Å²) in [5, 5.41) is 3.72. The normalized spacial score (nSPS) is 21.3. The molecule has 3 nitrogen and oxygen atoms in total. The van der Waals surface area contributed by atoms with Crippen LogP contribution in [0.2, 0.25) is 0 Å². The van der Waals surface area contributed by atoms with E-state index in [-0.39, 0.29) is 5.54 Å². The summed E-state index contributed by atoms with van der Waals surface area (Å²) in [7, 11) is 2.24. The average Bonchev–Trinajstić information content (AvgIpc) is 2.48. The van der Waals surface area contributed by atoms with E-state index < -0.39 is 0 Å².